The molecule has 3 aromatic rings. The summed E-state index contributed by atoms with van der Waals surface area (Å²) in [5.74, 6) is 0. The maximum atomic E-state index is 9.28. The van der Waals surface area contributed by atoms with Crippen LogP contribution in [0.1, 0.15) is 21.4 Å². The van der Waals surface area contributed by atoms with Crippen molar-refractivity contribution in [2.24, 2.45) is 0 Å². The van der Waals surface area contributed by atoms with Gasteiger partial charge in [-0.3, -0.25) is 0 Å². The Hall–Kier alpha value is -1.61. The van der Waals surface area contributed by atoms with Gasteiger partial charge in [0.2, 0.25) is 0 Å². The molecule has 0 atom stereocenters. The summed E-state index contributed by atoms with van der Waals surface area (Å²) >= 11 is 6.90. The van der Waals surface area contributed by atoms with Crippen LogP contribution in [-0.2, 0) is 0 Å². The van der Waals surface area contributed by atoms with Crippen LogP contribution in [0.25, 0.3) is 0 Å². The minimum absolute atomic E-state index is 0.0754. The third-order valence-corrected chi connectivity index (χ3v) is 5.42. The average Bonchev–Trinajstić information content (AvgIpc) is 3.18. The number of benzene rings is 1. The van der Waals surface area contributed by atoms with Gasteiger partial charge in [0.05, 0.1) is 17.3 Å². The quantitative estimate of drug-likeness (QED) is 0.640. The molecule has 0 bridgehead atoms. The van der Waals surface area contributed by atoms with Gasteiger partial charge in [-0.25, -0.2) is 0 Å². The fourth-order valence-corrected chi connectivity index (χ4v) is 4.10. The molecule has 1 aromatic carbocycles. The van der Waals surface area contributed by atoms with Gasteiger partial charge in [-0.2, -0.15) is 5.26 Å². The summed E-state index contributed by atoms with van der Waals surface area (Å²) < 4.78 is 0.958. The van der Waals surface area contributed by atoms with Crippen molar-refractivity contribution in [3.63, 3.8) is 0 Å². The Labute approximate surface area is 139 Å². The molecule has 0 saturated carbocycles. The van der Waals surface area contributed by atoms with Gasteiger partial charge in [0.25, 0.3) is 0 Å². The van der Waals surface area contributed by atoms with E-state index in [1.807, 2.05) is 18.2 Å². The van der Waals surface area contributed by atoms with Crippen molar-refractivity contribution in [1.82, 2.24) is 0 Å². The van der Waals surface area contributed by atoms with Crippen molar-refractivity contribution in [3.05, 3.63) is 73.0 Å². The molecule has 0 fully saturated rings. The van der Waals surface area contributed by atoms with Gasteiger partial charge in [0, 0.05) is 14.2 Å². The number of nitrogens with zero attached hydrogens (tertiary/aromatic N) is 1. The summed E-state index contributed by atoms with van der Waals surface area (Å²) in [5.41, 5.74) is 1.50. The van der Waals surface area contributed by atoms with E-state index in [0.717, 1.165) is 10.2 Å². The van der Waals surface area contributed by atoms with Gasteiger partial charge in [0.15, 0.2) is 0 Å². The third-order valence-electron chi connectivity index (χ3n) is 3.06. The molecule has 2 nitrogen and oxygen atoms in total. The third kappa shape index (κ3) is 3.18. The molecule has 0 aliphatic rings. The van der Waals surface area contributed by atoms with Crippen LogP contribution in [0.5, 0.6) is 0 Å². The standard InChI is InChI=1S/C16H11BrN2S2/c17-12-6-5-11(10-18)13(9-12)19-16(14-3-1-7-20-14)15-4-2-8-21-15/h1-9,16,19H. The average molecular weight is 375 g/mol. The minimum Gasteiger partial charge on any atom is -0.372 e. The molecule has 3 rings (SSSR count). The molecule has 0 unspecified atom stereocenters. The number of nitriles is 1. The van der Waals surface area contributed by atoms with E-state index in [9.17, 15) is 5.26 Å². The Balaban J connectivity index is 2.00. The van der Waals surface area contributed by atoms with Gasteiger partial charge in [-0.05, 0) is 41.1 Å². The van der Waals surface area contributed by atoms with Crippen LogP contribution in [0.15, 0.2) is 57.7 Å². The number of rotatable bonds is 4. The monoisotopic (exact) mass is 374 g/mol. The second-order valence-corrected chi connectivity index (χ2v) is 7.28. The van der Waals surface area contributed by atoms with Crippen molar-refractivity contribution in [2.75, 3.05) is 5.32 Å². The molecule has 0 radical (unpaired) electrons. The topological polar surface area (TPSA) is 35.8 Å². The summed E-state index contributed by atoms with van der Waals surface area (Å²) in [6, 6.07) is 16.3. The van der Waals surface area contributed by atoms with Crippen LogP contribution in [0.3, 0.4) is 0 Å². The highest BCUT2D eigenvalue weighted by Gasteiger charge is 2.17. The van der Waals surface area contributed by atoms with Gasteiger partial charge in [0.1, 0.15) is 6.07 Å². The molecule has 21 heavy (non-hydrogen) atoms. The van der Waals surface area contributed by atoms with Gasteiger partial charge < -0.3 is 5.32 Å². The molecule has 104 valence electrons. The smallest absolute Gasteiger partial charge is 0.101 e. The summed E-state index contributed by atoms with van der Waals surface area (Å²) in [4.78, 5) is 2.47. The lowest BCUT2D eigenvalue weighted by atomic mass is 10.1. The van der Waals surface area contributed by atoms with Gasteiger partial charge >= 0.3 is 0 Å². The van der Waals surface area contributed by atoms with Gasteiger partial charge in [-0.1, -0.05) is 28.1 Å². The zero-order chi connectivity index (χ0) is 14.7. The van der Waals surface area contributed by atoms with Crippen LogP contribution in [-0.4, -0.2) is 0 Å². The lowest BCUT2D eigenvalue weighted by Gasteiger charge is -2.18. The molecule has 2 aromatic heterocycles. The van der Waals surface area contributed by atoms with Crippen LogP contribution in [0.4, 0.5) is 5.69 Å². The predicted octanol–water partition coefficient (Wildman–Crippen LogP) is 5.65. The largest absolute Gasteiger partial charge is 0.372 e. The first-order valence-corrected chi connectivity index (χ1v) is 8.86. The Morgan fingerprint density at radius 2 is 1.71 bits per heavy atom. The number of hydrogen-bond donors (Lipinski definition) is 1. The molecular formula is C16H11BrN2S2. The van der Waals surface area contributed by atoms with Crippen LogP contribution >= 0.6 is 38.6 Å². The van der Waals surface area contributed by atoms with E-state index in [2.05, 4.69) is 62.3 Å². The molecule has 0 amide bonds. The Kier molecular flexibility index (Phi) is 4.39. The Bertz CT molecular complexity index is 724. The predicted molar refractivity (Wildman–Crippen MR) is 93.0 cm³/mol. The fourth-order valence-electron chi connectivity index (χ4n) is 2.08. The van der Waals surface area contributed by atoms with E-state index < -0.39 is 0 Å². The maximum Gasteiger partial charge on any atom is 0.101 e. The zero-order valence-electron chi connectivity index (χ0n) is 10.9. The minimum atomic E-state index is 0.0754. The molecule has 0 aliphatic carbocycles. The Morgan fingerprint density at radius 3 is 2.24 bits per heavy atom. The summed E-state index contributed by atoms with van der Waals surface area (Å²) in [6.07, 6.45) is 0. The first-order valence-electron chi connectivity index (χ1n) is 6.31. The maximum absolute atomic E-state index is 9.28. The summed E-state index contributed by atoms with van der Waals surface area (Å²) in [7, 11) is 0. The first-order chi connectivity index (χ1) is 10.3. The highest BCUT2D eigenvalue weighted by atomic mass is 79.9. The normalized spacial score (nSPS) is 10.5. The van der Waals surface area contributed by atoms with Crippen molar-refractivity contribution in [2.45, 2.75) is 6.04 Å². The lowest BCUT2D eigenvalue weighted by molar-refractivity contribution is 0.991. The lowest BCUT2D eigenvalue weighted by Crippen LogP contribution is -2.10. The van der Waals surface area contributed by atoms with E-state index in [-0.39, 0.29) is 6.04 Å². The van der Waals surface area contributed by atoms with E-state index in [4.69, 9.17) is 0 Å². The van der Waals surface area contributed by atoms with Crippen LogP contribution < -0.4 is 5.32 Å². The molecule has 2 heterocycles. The van der Waals surface area contributed by atoms with Gasteiger partial charge in [-0.15, -0.1) is 22.7 Å². The number of nitrogens with one attached hydrogen (secondary N) is 1. The first kappa shape index (κ1) is 14.3. The fraction of sp³-hybridized carbons (Fsp3) is 0.0625. The van der Waals surface area contributed by atoms with E-state index in [0.29, 0.717) is 5.56 Å². The highest BCUT2D eigenvalue weighted by molar-refractivity contribution is 9.10. The molecule has 0 spiro atoms. The SMILES string of the molecule is N#Cc1ccc(Br)cc1NC(c1cccs1)c1cccs1. The second-order valence-electron chi connectivity index (χ2n) is 4.41. The van der Waals surface area contributed by atoms with E-state index in [1.165, 1.54) is 9.75 Å². The van der Waals surface area contributed by atoms with Crippen molar-refractivity contribution >= 4 is 44.3 Å². The molecular weight excluding hydrogens is 364 g/mol. The van der Waals surface area contributed by atoms with Crippen molar-refractivity contribution < 1.29 is 0 Å². The number of anilines is 1. The second kappa shape index (κ2) is 6.44. The van der Waals surface area contributed by atoms with Crippen molar-refractivity contribution in [1.29, 1.82) is 5.26 Å². The molecule has 5 heteroatoms. The van der Waals surface area contributed by atoms with Crippen molar-refractivity contribution in [3.8, 4) is 6.07 Å². The summed E-state index contributed by atoms with van der Waals surface area (Å²) in [5, 5.41) is 16.9. The highest BCUT2D eigenvalue weighted by Crippen LogP contribution is 2.34. The molecule has 0 aliphatic heterocycles. The Morgan fingerprint density at radius 1 is 1.05 bits per heavy atom. The number of thiophene rings is 2. The zero-order valence-corrected chi connectivity index (χ0v) is 14.1. The van der Waals surface area contributed by atoms with E-state index in [1.54, 1.807) is 22.7 Å². The summed E-state index contributed by atoms with van der Waals surface area (Å²) in [6.45, 7) is 0. The van der Waals surface area contributed by atoms with E-state index >= 15 is 0 Å². The van der Waals surface area contributed by atoms with Crippen LogP contribution in [0.2, 0.25) is 0 Å². The number of halogens is 1. The number of hydrogen-bond acceptors (Lipinski definition) is 4. The molecule has 1 N–H and O–H groups in total. The van der Waals surface area contributed by atoms with Crippen LogP contribution in [0, 0.1) is 11.3 Å². The molecule has 0 saturated heterocycles.